The average molecular weight is 373 g/mol. The summed E-state index contributed by atoms with van der Waals surface area (Å²) in [5, 5.41) is 4.14. The largest absolute Gasteiger partial charge is 0.383 e. The Morgan fingerprint density at radius 2 is 2.33 bits per heavy atom. The Hall–Kier alpha value is -1.18. The molecule has 1 heterocycles. The third-order valence-corrected chi connectivity index (χ3v) is 4.31. The van der Waals surface area contributed by atoms with Gasteiger partial charge in [0.1, 0.15) is 11.5 Å². The first-order chi connectivity index (χ1) is 10.1. The zero-order chi connectivity index (χ0) is 15.2. The van der Waals surface area contributed by atoms with Crippen molar-refractivity contribution < 1.29 is 13.9 Å². The van der Waals surface area contributed by atoms with E-state index in [-0.39, 0.29) is 17.4 Å². The van der Waals surface area contributed by atoms with Crippen LogP contribution >= 0.6 is 27.7 Å². The maximum atomic E-state index is 13.1. The van der Waals surface area contributed by atoms with E-state index < -0.39 is 0 Å². The Kier molecular flexibility index (Phi) is 5.96. The number of nitrogens with zero attached hydrogens (tertiary/aromatic N) is 2. The molecule has 0 atom stereocenters. The van der Waals surface area contributed by atoms with Crippen LogP contribution in [0.5, 0.6) is 0 Å². The van der Waals surface area contributed by atoms with Gasteiger partial charge in [-0.15, -0.1) is 11.8 Å². The summed E-state index contributed by atoms with van der Waals surface area (Å²) in [6.07, 6.45) is 1.59. The molecule has 2 rings (SSSR count). The average Bonchev–Trinajstić information content (AvgIpc) is 2.83. The lowest BCUT2D eigenvalue weighted by molar-refractivity contribution is 0.100. The van der Waals surface area contributed by atoms with Crippen molar-refractivity contribution in [3.05, 3.63) is 46.4 Å². The molecular weight excluding hydrogens is 359 g/mol. The van der Waals surface area contributed by atoms with E-state index in [0.717, 1.165) is 4.90 Å². The van der Waals surface area contributed by atoms with Crippen LogP contribution in [0.1, 0.15) is 10.5 Å². The molecule has 0 bridgehead atoms. The zero-order valence-electron chi connectivity index (χ0n) is 11.4. The standard InChI is InChI=1S/C14H14BrFN2O2S/c1-20-6-5-18-14(12(15)8-17-18)13(19)9-21-11-4-2-3-10(16)7-11/h2-4,7-8H,5-6,9H2,1H3. The number of halogens is 2. The van der Waals surface area contributed by atoms with Crippen molar-refractivity contribution in [2.75, 3.05) is 19.5 Å². The number of ketones is 1. The number of hydrogen-bond acceptors (Lipinski definition) is 4. The number of thioether (sulfide) groups is 1. The van der Waals surface area contributed by atoms with Crippen LogP contribution in [-0.4, -0.2) is 35.0 Å². The molecule has 0 fully saturated rings. The molecular formula is C14H14BrFN2O2S. The molecule has 7 heteroatoms. The molecule has 0 saturated carbocycles. The third-order valence-electron chi connectivity index (χ3n) is 2.73. The second-order valence-electron chi connectivity index (χ2n) is 4.23. The normalized spacial score (nSPS) is 10.8. The number of Topliss-reactive ketones (excluding diaryl/α,β-unsaturated/α-hetero) is 1. The molecule has 0 spiro atoms. The molecule has 21 heavy (non-hydrogen) atoms. The third kappa shape index (κ3) is 4.39. The van der Waals surface area contributed by atoms with Crippen LogP contribution in [0.3, 0.4) is 0 Å². The second-order valence-corrected chi connectivity index (χ2v) is 6.13. The number of carbonyl (C=O) groups is 1. The van der Waals surface area contributed by atoms with Gasteiger partial charge in [0.2, 0.25) is 0 Å². The minimum Gasteiger partial charge on any atom is -0.383 e. The minimum atomic E-state index is -0.307. The van der Waals surface area contributed by atoms with E-state index in [9.17, 15) is 9.18 Å². The second kappa shape index (κ2) is 7.72. The smallest absolute Gasteiger partial charge is 0.192 e. The number of benzene rings is 1. The molecule has 0 aliphatic rings. The van der Waals surface area contributed by atoms with Crippen molar-refractivity contribution in [3.8, 4) is 0 Å². The summed E-state index contributed by atoms with van der Waals surface area (Å²) >= 11 is 4.63. The predicted molar refractivity (Wildman–Crippen MR) is 83.3 cm³/mol. The van der Waals surface area contributed by atoms with E-state index in [1.807, 2.05) is 0 Å². The first-order valence-electron chi connectivity index (χ1n) is 6.23. The van der Waals surface area contributed by atoms with Crippen LogP contribution in [0.15, 0.2) is 39.8 Å². The van der Waals surface area contributed by atoms with Gasteiger partial charge in [-0.2, -0.15) is 5.10 Å². The maximum Gasteiger partial charge on any atom is 0.192 e. The van der Waals surface area contributed by atoms with Gasteiger partial charge < -0.3 is 4.74 Å². The van der Waals surface area contributed by atoms with Gasteiger partial charge in [-0.3, -0.25) is 9.48 Å². The molecule has 1 aromatic carbocycles. The Bertz CT molecular complexity index is 633. The molecule has 0 unspecified atom stereocenters. The van der Waals surface area contributed by atoms with Crippen LogP contribution in [0, 0.1) is 5.82 Å². The van der Waals surface area contributed by atoms with E-state index in [2.05, 4.69) is 21.0 Å². The van der Waals surface area contributed by atoms with Crippen LogP contribution in [0.4, 0.5) is 4.39 Å². The fourth-order valence-corrected chi connectivity index (χ4v) is 3.08. The predicted octanol–water partition coefficient (Wildman–Crippen LogP) is 3.41. The fraction of sp³-hybridized carbons (Fsp3) is 0.286. The summed E-state index contributed by atoms with van der Waals surface area (Å²) in [6, 6.07) is 6.19. The topological polar surface area (TPSA) is 44.1 Å². The first-order valence-corrected chi connectivity index (χ1v) is 8.01. The first kappa shape index (κ1) is 16.2. The Morgan fingerprint density at radius 3 is 3.05 bits per heavy atom. The van der Waals surface area contributed by atoms with Gasteiger partial charge in [-0.1, -0.05) is 6.07 Å². The number of carbonyl (C=O) groups excluding carboxylic acids is 1. The van der Waals surface area contributed by atoms with Crippen molar-refractivity contribution in [2.45, 2.75) is 11.4 Å². The van der Waals surface area contributed by atoms with Gasteiger partial charge in [0.05, 0.1) is 29.6 Å². The molecule has 0 N–H and O–H groups in total. The lowest BCUT2D eigenvalue weighted by Crippen LogP contribution is -2.15. The molecule has 0 aliphatic carbocycles. The van der Waals surface area contributed by atoms with E-state index >= 15 is 0 Å². The quantitative estimate of drug-likeness (QED) is 0.551. The van der Waals surface area contributed by atoms with Crippen LogP contribution in [0.25, 0.3) is 0 Å². The minimum absolute atomic E-state index is 0.0651. The molecule has 0 saturated heterocycles. The Balaban J connectivity index is 2.04. The van der Waals surface area contributed by atoms with Crippen molar-refractivity contribution in [3.63, 3.8) is 0 Å². The van der Waals surface area contributed by atoms with Gasteiger partial charge >= 0.3 is 0 Å². The van der Waals surface area contributed by atoms with Crippen LogP contribution in [-0.2, 0) is 11.3 Å². The fourth-order valence-electron chi connectivity index (χ4n) is 1.76. The Morgan fingerprint density at radius 1 is 1.52 bits per heavy atom. The molecule has 0 aliphatic heterocycles. The van der Waals surface area contributed by atoms with Crippen LogP contribution < -0.4 is 0 Å². The molecule has 1 aromatic heterocycles. The zero-order valence-corrected chi connectivity index (χ0v) is 13.8. The van der Waals surface area contributed by atoms with E-state index in [0.29, 0.717) is 23.3 Å². The SMILES string of the molecule is COCCn1ncc(Br)c1C(=O)CSc1cccc(F)c1. The van der Waals surface area contributed by atoms with Crippen molar-refractivity contribution >= 4 is 33.5 Å². The van der Waals surface area contributed by atoms with Crippen molar-refractivity contribution in [1.29, 1.82) is 0 Å². The van der Waals surface area contributed by atoms with Gasteiger partial charge in [-0.25, -0.2) is 4.39 Å². The molecule has 0 amide bonds. The highest BCUT2D eigenvalue weighted by atomic mass is 79.9. The maximum absolute atomic E-state index is 13.1. The highest BCUT2D eigenvalue weighted by Gasteiger charge is 2.17. The molecule has 2 aromatic rings. The van der Waals surface area contributed by atoms with Crippen molar-refractivity contribution in [2.24, 2.45) is 0 Å². The lowest BCUT2D eigenvalue weighted by atomic mass is 10.3. The van der Waals surface area contributed by atoms with E-state index in [4.69, 9.17) is 4.74 Å². The number of rotatable bonds is 7. The molecule has 0 radical (unpaired) electrons. The van der Waals surface area contributed by atoms with Gasteiger partial charge in [0.25, 0.3) is 0 Å². The summed E-state index contributed by atoms with van der Waals surface area (Å²) in [7, 11) is 1.60. The number of ether oxygens (including phenoxy) is 1. The monoisotopic (exact) mass is 372 g/mol. The van der Waals surface area contributed by atoms with Crippen molar-refractivity contribution in [1.82, 2.24) is 9.78 Å². The van der Waals surface area contributed by atoms with Crippen LogP contribution in [0.2, 0.25) is 0 Å². The van der Waals surface area contributed by atoms with E-state index in [1.165, 1.54) is 23.9 Å². The van der Waals surface area contributed by atoms with Gasteiger partial charge in [0.15, 0.2) is 5.78 Å². The summed E-state index contributed by atoms with van der Waals surface area (Å²) < 4.78 is 20.4. The molecule has 112 valence electrons. The summed E-state index contributed by atoms with van der Waals surface area (Å²) in [5.41, 5.74) is 0.510. The summed E-state index contributed by atoms with van der Waals surface area (Å²) in [6.45, 7) is 0.985. The number of hydrogen-bond donors (Lipinski definition) is 0. The number of methoxy groups -OCH3 is 1. The highest BCUT2D eigenvalue weighted by molar-refractivity contribution is 9.10. The molecule has 4 nitrogen and oxygen atoms in total. The summed E-state index contributed by atoms with van der Waals surface area (Å²) in [5.74, 6) is -0.149. The van der Waals surface area contributed by atoms with E-state index in [1.54, 1.807) is 30.1 Å². The Labute approximate surface area is 134 Å². The summed E-state index contributed by atoms with van der Waals surface area (Å²) in [4.78, 5) is 13.0. The number of aromatic nitrogens is 2. The van der Waals surface area contributed by atoms with Gasteiger partial charge in [0, 0.05) is 12.0 Å². The lowest BCUT2D eigenvalue weighted by Gasteiger charge is -2.07. The highest BCUT2D eigenvalue weighted by Crippen LogP contribution is 2.23. The van der Waals surface area contributed by atoms with Gasteiger partial charge in [-0.05, 0) is 34.1 Å².